The molecule has 2 aromatic carbocycles. The molecule has 0 bridgehead atoms. The number of anilines is 1. The Morgan fingerprint density at radius 1 is 1.16 bits per heavy atom. The molecule has 0 aliphatic rings. The van der Waals surface area contributed by atoms with Crippen molar-refractivity contribution in [1.29, 1.82) is 0 Å². The van der Waals surface area contributed by atoms with Crippen molar-refractivity contribution >= 4 is 11.6 Å². The second kappa shape index (κ2) is 9.34. The number of halogens is 2. The van der Waals surface area contributed by atoms with Gasteiger partial charge in [0.05, 0.1) is 25.5 Å². The predicted octanol–water partition coefficient (Wildman–Crippen LogP) is 4.64. The van der Waals surface area contributed by atoms with Crippen molar-refractivity contribution in [2.45, 2.75) is 13.2 Å². The molecule has 1 N–H and O–H groups in total. The molecule has 0 fully saturated rings. The number of hydrogen-bond donors (Lipinski definition) is 1. The Labute approximate surface area is 182 Å². The number of hydrogen-bond acceptors (Lipinski definition) is 5. The van der Waals surface area contributed by atoms with Crippen LogP contribution in [-0.4, -0.2) is 22.8 Å². The maximum absolute atomic E-state index is 13.6. The Bertz CT molecular complexity index is 1240. The van der Waals surface area contributed by atoms with E-state index in [4.69, 9.17) is 13.9 Å². The van der Waals surface area contributed by atoms with Gasteiger partial charge >= 0.3 is 0 Å². The summed E-state index contributed by atoms with van der Waals surface area (Å²) in [7, 11) is 1.61. The maximum Gasteiger partial charge on any atom is 0.291 e. The summed E-state index contributed by atoms with van der Waals surface area (Å²) in [5, 5.41) is 6.95. The quantitative estimate of drug-likeness (QED) is 0.433. The first kappa shape index (κ1) is 21.1. The Morgan fingerprint density at radius 2 is 2.03 bits per heavy atom. The predicted molar refractivity (Wildman–Crippen MR) is 112 cm³/mol. The summed E-state index contributed by atoms with van der Waals surface area (Å²) in [6, 6.07) is 13.6. The normalized spacial score (nSPS) is 10.7. The minimum Gasteiger partial charge on any atom is -0.497 e. The van der Waals surface area contributed by atoms with Gasteiger partial charge in [-0.3, -0.25) is 9.48 Å². The second-order valence-electron chi connectivity index (χ2n) is 6.86. The zero-order valence-corrected chi connectivity index (χ0v) is 17.0. The van der Waals surface area contributed by atoms with Gasteiger partial charge in [-0.25, -0.2) is 8.78 Å². The van der Waals surface area contributed by atoms with E-state index in [1.165, 1.54) is 18.3 Å². The van der Waals surface area contributed by atoms with Gasteiger partial charge in [-0.1, -0.05) is 12.1 Å². The number of carbonyl (C=O) groups excluding carboxylic acids is 1. The fourth-order valence-corrected chi connectivity index (χ4v) is 2.98. The summed E-state index contributed by atoms with van der Waals surface area (Å²) >= 11 is 0. The molecule has 0 atom stereocenters. The zero-order chi connectivity index (χ0) is 22.5. The van der Waals surface area contributed by atoms with Gasteiger partial charge in [0.1, 0.15) is 23.9 Å². The SMILES string of the molecule is COc1cccc(Cn2cc(NC(=O)c3ccc(COc4ccc(F)cc4F)o3)cn2)c1. The molecule has 0 aliphatic carbocycles. The van der Waals surface area contributed by atoms with Gasteiger partial charge in [-0.2, -0.15) is 5.10 Å². The lowest BCUT2D eigenvalue weighted by Gasteiger charge is -2.05. The molecule has 1 amide bonds. The van der Waals surface area contributed by atoms with Gasteiger partial charge < -0.3 is 19.2 Å². The number of ether oxygens (including phenoxy) is 2. The van der Waals surface area contributed by atoms with E-state index < -0.39 is 17.5 Å². The van der Waals surface area contributed by atoms with Gasteiger partial charge in [-0.15, -0.1) is 0 Å². The average molecular weight is 439 g/mol. The first-order valence-electron chi connectivity index (χ1n) is 9.63. The first-order chi connectivity index (χ1) is 15.5. The molecule has 4 aromatic rings. The molecule has 0 radical (unpaired) electrons. The van der Waals surface area contributed by atoms with Crippen molar-refractivity contribution in [2.24, 2.45) is 0 Å². The first-order valence-corrected chi connectivity index (χ1v) is 9.63. The van der Waals surface area contributed by atoms with Gasteiger partial charge in [0.2, 0.25) is 0 Å². The smallest absolute Gasteiger partial charge is 0.291 e. The number of methoxy groups -OCH3 is 1. The molecular weight excluding hydrogens is 420 g/mol. The van der Waals surface area contributed by atoms with E-state index in [1.54, 1.807) is 24.1 Å². The maximum atomic E-state index is 13.6. The van der Waals surface area contributed by atoms with Crippen LogP contribution in [0.4, 0.5) is 14.5 Å². The third-order valence-electron chi connectivity index (χ3n) is 4.52. The summed E-state index contributed by atoms with van der Waals surface area (Å²) < 4.78 is 44.2. The number of furan rings is 1. The molecule has 0 spiro atoms. The highest BCUT2D eigenvalue weighted by Gasteiger charge is 2.14. The molecule has 0 aliphatic heterocycles. The lowest BCUT2D eigenvalue weighted by molar-refractivity contribution is 0.0992. The molecule has 0 unspecified atom stereocenters. The van der Waals surface area contributed by atoms with E-state index in [0.29, 0.717) is 18.0 Å². The minimum absolute atomic E-state index is 0.0590. The highest BCUT2D eigenvalue weighted by atomic mass is 19.1. The second-order valence-corrected chi connectivity index (χ2v) is 6.86. The van der Waals surface area contributed by atoms with Crippen LogP contribution in [0.15, 0.2) is 71.4 Å². The molecule has 2 heterocycles. The standard InChI is InChI=1S/C23H19F2N3O4/c1-30-18-4-2-3-15(9-18)12-28-13-17(11-26-28)27-23(29)22-8-6-19(32-22)14-31-21-7-5-16(24)10-20(21)25/h2-11,13H,12,14H2,1H3,(H,27,29). The van der Waals surface area contributed by atoms with E-state index in [1.807, 2.05) is 24.3 Å². The van der Waals surface area contributed by atoms with Crippen LogP contribution in [0.1, 0.15) is 21.9 Å². The van der Waals surface area contributed by atoms with Crippen molar-refractivity contribution < 1.29 is 27.5 Å². The number of nitrogens with one attached hydrogen (secondary N) is 1. The van der Waals surface area contributed by atoms with Crippen LogP contribution in [0.3, 0.4) is 0 Å². The summed E-state index contributed by atoms with van der Waals surface area (Å²) in [5.41, 5.74) is 1.50. The zero-order valence-electron chi connectivity index (χ0n) is 17.0. The van der Waals surface area contributed by atoms with Gasteiger partial charge in [-0.05, 0) is 42.0 Å². The summed E-state index contributed by atoms with van der Waals surface area (Å²) in [5.74, 6) is -0.972. The van der Waals surface area contributed by atoms with Crippen LogP contribution in [-0.2, 0) is 13.2 Å². The highest BCUT2D eigenvalue weighted by Crippen LogP contribution is 2.20. The van der Waals surface area contributed by atoms with Crippen molar-refractivity contribution in [3.63, 3.8) is 0 Å². The van der Waals surface area contributed by atoms with Crippen molar-refractivity contribution in [3.05, 3.63) is 95.7 Å². The third kappa shape index (κ3) is 5.12. The monoisotopic (exact) mass is 439 g/mol. The topological polar surface area (TPSA) is 78.5 Å². The molecule has 164 valence electrons. The van der Waals surface area contributed by atoms with E-state index >= 15 is 0 Å². The summed E-state index contributed by atoms with van der Waals surface area (Å²) in [4.78, 5) is 12.4. The lowest BCUT2D eigenvalue weighted by Crippen LogP contribution is -2.10. The van der Waals surface area contributed by atoms with Gasteiger partial charge in [0, 0.05) is 12.3 Å². The lowest BCUT2D eigenvalue weighted by atomic mass is 10.2. The van der Waals surface area contributed by atoms with Crippen molar-refractivity contribution in [1.82, 2.24) is 9.78 Å². The fourth-order valence-electron chi connectivity index (χ4n) is 2.98. The minimum atomic E-state index is -0.819. The van der Waals surface area contributed by atoms with Crippen LogP contribution in [0.2, 0.25) is 0 Å². The van der Waals surface area contributed by atoms with E-state index in [0.717, 1.165) is 23.4 Å². The summed E-state index contributed by atoms with van der Waals surface area (Å²) in [6.07, 6.45) is 3.23. The largest absolute Gasteiger partial charge is 0.497 e. The molecule has 0 saturated heterocycles. The molecule has 32 heavy (non-hydrogen) atoms. The Balaban J connectivity index is 1.34. The van der Waals surface area contributed by atoms with Gasteiger partial charge in [0.25, 0.3) is 5.91 Å². The number of carbonyl (C=O) groups is 1. The van der Waals surface area contributed by atoms with Crippen LogP contribution in [0.5, 0.6) is 11.5 Å². The number of nitrogens with zero attached hydrogens (tertiary/aromatic N) is 2. The molecule has 7 nitrogen and oxygen atoms in total. The summed E-state index contributed by atoms with van der Waals surface area (Å²) in [6.45, 7) is 0.392. The van der Waals surface area contributed by atoms with Crippen LogP contribution in [0.25, 0.3) is 0 Å². The van der Waals surface area contributed by atoms with E-state index in [2.05, 4.69) is 10.4 Å². The molecule has 2 aromatic heterocycles. The van der Waals surface area contributed by atoms with Gasteiger partial charge in [0.15, 0.2) is 17.3 Å². The third-order valence-corrected chi connectivity index (χ3v) is 4.52. The average Bonchev–Trinajstić information content (AvgIpc) is 3.43. The number of rotatable bonds is 8. The number of aromatic nitrogens is 2. The van der Waals surface area contributed by atoms with E-state index in [9.17, 15) is 13.6 Å². The molecule has 9 heteroatoms. The Hall–Kier alpha value is -4.14. The molecular formula is C23H19F2N3O4. The molecule has 0 saturated carbocycles. The fraction of sp³-hybridized carbons (Fsp3) is 0.130. The Morgan fingerprint density at radius 3 is 2.84 bits per heavy atom. The number of amides is 1. The van der Waals surface area contributed by atoms with Crippen LogP contribution < -0.4 is 14.8 Å². The van der Waals surface area contributed by atoms with E-state index in [-0.39, 0.29) is 18.1 Å². The van der Waals surface area contributed by atoms with Crippen molar-refractivity contribution in [3.8, 4) is 11.5 Å². The van der Waals surface area contributed by atoms with Crippen LogP contribution >= 0.6 is 0 Å². The highest BCUT2D eigenvalue weighted by molar-refractivity contribution is 6.02. The van der Waals surface area contributed by atoms with Crippen molar-refractivity contribution in [2.75, 3.05) is 12.4 Å². The Kier molecular flexibility index (Phi) is 6.16. The number of benzene rings is 2. The van der Waals surface area contributed by atoms with Crippen LogP contribution in [0, 0.1) is 11.6 Å². The molecule has 4 rings (SSSR count).